The summed E-state index contributed by atoms with van der Waals surface area (Å²) in [5.41, 5.74) is 0.598. The number of fused-ring (bicyclic) bond motifs is 1. The Morgan fingerprint density at radius 2 is 1.87 bits per heavy atom. The van der Waals surface area contributed by atoms with Crippen molar-refractivity contribution in [3.63, 3.8) is 0 Å². The summed E-state index contributed by atoms with van der Waals surface area (Å²) in [7, 11) is 0. The molecule has 2 aromatic carbocycles. The standard InChI is InChI=1S/C16H12Cl2FNO3/c17-11-8-10(19)2-3-13(11)20-16(21)9-6-12(18)15-14(7-9)22-4-1-5-23-15/h2-3,6-8H,1,4-5H2,(H,20,21). The molecular weight excluding hydrogens is 344 g/mol. The van der Waals surface area contributed by atoms with E-state index in [-0.39, 0.29) is 5.02 Å². The predicted molar refractivity (Wildman–Crippen MR) is 86.4 cm³/mol. The summed E-state index contributed by atoms with van der Waals surface area (Å²) in [4.78, 5) is 12.4. The van der Waals surface area contributed by atoms with E-state index in [1.54, 1.807) is 6.07 Å². The van der Waals surface area contributed by atoms with Gasteiger partial charge >= 0.3 is 0 Å². The van der Waals surface area contributed by atoms with Gasteiger partial charge < -0.3 is 14.8 Å². The van der Waals surface area contributed by atoms with E-state index in [9.17, 15) is 9.18 Å². The van der Waals surface area contributed by atoms with Gasteiger partial charge in [-0.1, -0.05) is 23.2 Å². The number of hydrogen-bond donors (Lipinski definition) is 1. The van der Waals surface area contributed by atoms with Crippen LogP contribution in [0.15, 0.2) is 30.3 Å². The second-order valence-corrected chi connectivity index (χ2v) is 5.73. The average Bonchev–Trinajstić information content (AvgIpc) is 2.75. The maximum absolute atomic E-state index is 13.0. The summed E-state index contributed by atoms with van der Waals surface area (Å²) in [5, 5.41) is 3.01. The summed E-state index contributed by atoms with van der Waals surface area (Å²) in [5.74, 6) is -0.0615. The molecule has 0 saturated heterocycles. The van der Waals surface area contributed by atoms with Crippen LogP contribution in [0, 0.1) is 5.82 Å². The lowest BCUT2D eigenvalue weighted by molar-refractivity contribution is 0.102. The minimum absolute atomic E-state index is 0.110. The van der Waals surface area contributed by atoms with Gasteiger partial charge in [-0.05, 0) is 30.3 Å². The van der Waals surface area contributed by atoms with Gasteiger partial charge in [0.25, 0.3) is 5.91 Å². The Morgan fingerprint density at radius 1 is 1.09 bits per heavy atom. The third-order valence-corrected chi connectivity index (χ3v) is 3.84. The molecule has 0 unspecified atom stereocenters. The number of amides is 1. The van der Waals surface area contributed by atoms with Crippen LogP contribution in [-0.4, -0.2) is 19.1 Å². The van der Waals surface area contributed by atoms with Gasteiger partial charge in [0.15, 0.2) is 11.5 Å². The van der Waals surface area contributed by atoms with Crippen LogP contribution in [0.4, 0.5) is 10.1 Å². The molecular formula is C16H12Cl2FNO3. The van der Waals surface area contributed by atoms with E-state index < -0.39 is 11.7 Å². The van der Waals surface area contributed by atoms with Crippen molar-refractivity contribution in [1.29, 1.82) is 0 Å². The molecule has 1 aliphatic rings. The molecule has 0 spiro atoms. The van der Waals surface area contributed by atoms with E-state index in [1.165, 1.54) is 18.2 Å². The fourth-order valence-electron chi connectivity index (χ4n) is 2.15. The lowest BCUT2D eigenvalue weighted by atomic mass is 10.1. The van der Waals surface area contributed by atoms with Crippen LogP contribution in [0.25, 0.3) is 0 Å². The van der Waals surface area contributed by atoms with Gasteiger partial charge in [0.2, 0.25) is 0 Å². The number of ether oxygens (including phenoxy) is 2. The van der Waals surface area contributed by atoms with E-state index in [4.69, 9.17) is 32.7 Å². The minimum atomic E-state index is -0.480. The molecule has 3 rings (SSSR count). The van der Waals surface area contributed by atoms with Gasteiger partial charge in [-0.2, -0.15) is 0 Å². The first-order valence-electron chi connectivity index (χ1n) is 6.90. The number of benzene rings is 2. The number of hydrogen-bond acceptors (Lipinski definition) is 3. The van der Waals surface area contributed by atoms with E-state index in [2.05, 4.69) is 5.32 Å². The Kier molecular flexibility index (Phi) is 4.59. The SMILES string of the molecule is O=C(Nc1ccc(F)cc1Cl)c1cc(Cl)c2c(c1)OCCCO2. The lowest BCUT2D eigenvalue weighted by Crippen LogP contribution is -2.12. The number of anilines is 1. The van der Waals surface area contributed by atoms with Crippen LogP contribution >= 0.6 is 23.2 Å². The van der Waals surface area contributed by atoms with Crippen molar-refractivity contribution >= 4 is 34.8 Å². The van der Waals surface area contributed by atoms with E-state index in [1.807, 2.05) is 0 Å². The highest BCUT2D eigenvalue weighted by Gasteiger charge is 2.19. The quantitative estimate of drug-likeness (QED) is 0.859. The number of carbonyl (C=O) groups excluding carboxylic acids is 1. The molecule has 23 heavy (non-hydrogen) atoms. The first kappa shape index (κ1) is 15.9. The monoisotopic (exact) mass is 355 g/mol. The van der Waals surface area contributed by atoms with E-state index in [0.29, 0.717) is 41.0 Å². The fraction of sp³-hybridized carbons (Fsp3) is 0.188. The molecule has 1 amide bonds. The van der Waals surface area contributed by atoms with Crippen LogP contribution in [-0.2, 0) is 0 Å². The van der Waals surface area contributed by atoms with Gasteiger partial charge in [-0.15, -0.1) is 0 Å². The van der Waals surface area contributed by atoms with Crippen molar-refractivity contribution in [3.05, 3.63) is 51.8 Å². The fourth-order valence-corrected chi connectivity index (χ4v) is 2.63. The zero-order chi connectivity index (χ0) is 16.4. The summed E-state index contributed by atoms with van der Waals surface area (Å²) in [6, 6.07) is 6.77. The Morgan fingerprint density at radius 3 is 2.65 bits per heavy atom. The van der Waals surface area contributed by atoms with Gasteiger partial charge in [0, 0.05) is 12.0 Å². The normalized spacial score (nSPS) is 13.3. The topological polar surface area (TPSA) is 47.6 Å². The van der Waals surface area contributed by atoms with Crippen molar-refractivity contribution in [1.82, 2.24) is 0 Å². The molecule has 1 aliphatic heterocycles. The highest BCUT2D eigenvalue weighted by Crippen LogP contribution is 2.38. The molecule has 0 bridgehead atoms. The Labute approximate surface area is 142 Å². The molecule has 2 aromatic rings. The Balaban J connectivity index is 1.87. The zero-order valence-electron chi connectivity index (χ0n) is 11.9. The molecule has 0 saturated carbocycles. The van der Waals surface area contributed by atoms with Crippen molar-refractivity contribution in [2.24, 2.45) is 0 Å². The molecule has 0 atom stereocenters. The summed E-state index contributed by atoms with van der Waals surface area (Å²) in [6.45, 7) is 0.988. The molecule has 0 aromatic heterocycles. The number of nitrogens with one attached hydrogen (secondary N) is 1. The maximum Gasteiger partial charge on any atom is 0.255 e. The van der Waals surface area contributed by atoms with Gasteiger partial charge in [0.1, 0.15) is 5.82 Å². The molecule has 0 fully saturated rings. The highest BCUT2D eigenvalue weighted by molar-refractivity contribution is 6.34. The molecule has 1 N–H and O–H groups in total. The van der Waals surface area contributed by atoms with Crippen LogP contribution in [0.2, 0.25) is 10.0 Å². The summed E-state index contributed by atoms with van der Waals surface area (Å²) in [6.07, 6.45) is 0.734. The van der Waals surface area contributed by atoms with Crippen LogP contribution in [0.3, 0.4) is 0 Å². The highest BCUT2D eigenvalue weighted by atomic mass is 35.5. The number of rotatable bonds is 2. The second-order valence-electron chi connectivity index (χ2n) is 4.91. The van der Waals surface area contributed by atoms with Gasteiger partial charge in [-0.3, -0.25) is 4.79 Å². The van der Waals surface area contributed by atoms with Crippen molar-refractivity contribution < 1.29 is 18.7 Å². The van der Waals surface area contributed by atoms with Gasteiger partial charge in [-0.25, -0.2) is 4.39 Å². The van der Waals surface area contributed by atoms with E-state index in [0.717, 1.165) is 12.5 Å². The summed E-state index contributed by atoms with van der Waals surface area (Å²) >= 11 is 12.1. The predicted octanol–water partition coefficient (Wildman–Crippen LogP) is 4.55. The molecule has 1 heterocycles. The maximum atomic E-state index is 13.0. The molecule has 0 radical (unpaired) electrons. The lowest BCUT2D eigenvalue weighted by Gasteiger charge is -2.12. The van der Waals surface area contributed by atoms with E-state index >= 15 is 0 Å². The average molecular weight is 356 g/mol. The van der Waals surface area contributed by atoms with Crippen molar-refractivity contribution in [2.75, 3.05) is 18.5 Å². The Bertz CT molecular complexity index is 767. The number of halogens is 3. The Hall–Kier alpha value is -1.98. The first-order valence-corrected chi connectivity index (χ1v) is 7.66. The number of carbonyl (C=O) groups is 1. The molecule has 7 heteroatoms. The minimum Gasteiger partial charge on any atom is -0.489 e. The van der Waals surface area contributed by atoms with Crippen molar-refractivity contribution in [3.8, 4) is 11.5 Å². The third kappa shape index (κ3) is 3.51. The van der Waals surface area contributed by atoms with Crippen molar-refractivity contribution in [2.45, 2.75) is 6.42 Å². The van der Waals surface area contributed by atoms with Crippen LogP contribution in [0.5, 0.6) is 11.5 Å². The molecule has 120 valence electrons. The molecule has 4 nitrogen and oxygen atoms in total. The third-order valence-electron chi connectivity index (χ3n) is 3.24. The zero-order valence-corrected chi connectivity index (χ0v) is 13.4. The first-order chi connectivity index (χ1) is 11.0. The second kappa shape index (κ2) is 6.64. The largest absolute Gasteiger partial charge is 0.489 e. The smallest absolute Gasteiger partial charge is 0.255 e. The molecule has 0 aliphatic carbocycles. The van der Waals surface area contributed by atoms with Crippen LogP contribution in [0.1, 0.15) is 16.8 Å². The summed E-state index contributed by atoms with van der Waals surface area (Å²) < 4.78 is 24.1. The van der Waals surface area contributed by atoms with Gasteiger partial charge in [0.05, 0.1) is 28.9 Å². The van der Waals surface area contributed by atoms with Crippen LogP contribution < -0.4 is 14.8 Å².